The maximum absolute atomic E-state index is 4.60. The molecule has 3 nitrogen and oxygen atoms in total. The van der Waals surface area contributed by atoms with E-state index in [1.54, 1.807) is 0 Å². The summed E-state index contributed by atoms with van der Waals surface area (Å²) in [6.45, 7) is 10.7. The molecule has 0 aliphatic heterocycles. The third kappa shape index (κ3) is 6.23. The fraction of sp³-hybridized carbons (Fsp3) is 0.688. The molecule has 0 aliphatic carbocycles. The molecule has 0 bridgehead atoms. The lowest BCUT2D eigenvalue weighted by Crippen LogP contribution is -2.35. The second-order valence-corrected chi connectivity index (χ2v) is 7.28. The van der Waals surface area contributed by atoms with Gasteiger partial charge in [-0.25, -0.2) is 4.98 Å². The van der Waals surface area contributed by atoms with Crippen LogP contribution in [0.5, 0.6) is 0 Å². The highest BCUT2D eigenvalue weighted by Crippen LogP contribution is 2.22. The zero-order valence-corrected chi connectivity index (χ0v) is 15.0. The van der Waals surface area contributed by atoms with E-state index in [4.69, 9.17) is 0 Å². The minimum absolute atomic E-state index is 0.111. The molecule has 1 heterocycles. The number of aromatic nitrogens is 1. The zero-order valence-electron chi connectivity index (χ0n) is 13.5. The molecule has 0 unspecified atom stereocenters. The Morgan fingerprint density at radius 3 is 2.60 bits per heavy atom. The fourth-order valence-electron chi connectivity index (χ4n) is 2.01. The van der Waals surface area contributed by atoms with Crippen LogP contribution in [-0.2, 0) is 6.54 Å². The highest BCUT2D eigenvalue weighted by Gasteiger charge is 2.13. The summed E-state index contributed by atoms with van der Waals surface area (Å²) < 4.78 is 1.04. The number of pyridine rings is 1. The lowest BCUT2D eigenvalue weighted by Gasteiger charge is -2.25. The predicted octanol–water partition coefficient (Wildman–Crippen LogP) is 4.36. The summed E-state index contributed by atoms with van der Waals surface area (Å²) in [5.74, 6) is 1.08. The van der Waals surface area contributed by atoms with Crippen molar-refractivity contribution in [3.8, 4) is 0 Å². The number of rotatable bonds is 7. The van der Waals surface area contributed by atoms with Crippen LogP contribution in [0.25, 0.3) is 0 Å². The summed E-state index contributed by atoms with van der Waals surface area (Å²) in [4.78, 5) is 6.86. The van der Waals surface area contributed by atoms with Crippen LogP contribution in [0.15, 0.2) is 16.7 Å². The average molecular weight is 342 g/mol. The van der Waals surface area contributed by atoms with E-state index in [0.717, 1.165) is 23.4 Å². The molecule has 0 aliphatic rings. The molecule has 1 aromatic heterocycles. The summed E-state index contributed by atoms with van der Waals surface area (Å²) in [5.41, 5.74) is 1.36. The first-order valence-corrected chi connectivity index (χ1v) is 8.23. The van der Waals surface area contributed by atoms with Crippen LogP contribution in [0.3, 0.4) is 0 Å². The Balaban J connectivity index is 2.78. The normalized spacial score (nSPS) is 11.7. The number of halogens is 1. The van der Waals surface area contributed by atoms with E-state index in [1.807, 2.05) is 6.20 Å². The largest absolute Gasteiger partial charge is 0.359 e. The van der Waals surface area contributed by atoms with Gasteiger partial charge in [0, 0.05) is 41.9 Å². The molecule has 0 spiro atoms. The highest BCUT2D eigenvalue weighted by atomic mass is 79.9. The quantitative estimate of drug-likeness (QED) is 0.747. The summed E-state index contributed by atoms with van der Waals surface area (Å²) in [5, 5.41) is 3.54. The van der Waals surface area contributed by atoms with Crippen molar-refractivity contribution < 1.29 is 0 Å². The monoisotopic (exact) mass is 341 g/mol. The lowest BCUT2D eigenvalue weighted by atomic mass is 10.1. The molecule has 1 N–H and O–H groups in total. The van der Waals surface area contributed by atoms with E-state index in [1.165, 1.54) is 24.8 Å². The number of nitrogens with one attached hydrogen (secondary N) is 1. The lowest BCUT2D eigenvalue weighted by molar-refractivity contribution is 0.424. The van der Waals surface area contributed by atoms with E-state index >= 15 is 0 Å². The molecule has 20 heavy (non-hydrogen) atoms. The SMILES string of the molecule is CCCCCN(C)c1ncc(Br)cc1CNC(C)(C)C. The summed E-state index contributed by atoms with van der Waals surface area (Å²) in [7, 11) is 2.13. The van der Waals surface area contributed by atoms with E-state index in [0.29, 0.717) is 0 Å². The van der Waals surface area contributed by atoms with Crippen molar-refractivity contribution >= 4 is 21.7 Å². The van der Waals surface area contributed by atoms with Crippen molar-refractivity contribution in [3.05, 3.63) is 22.3 Å². The van der Waals surface area contributed by atoms with Crippen LogP contribution in [0.1, 0.15) is 52.5 Å². The molecule has 0 fully saturated rings. The topological polar surface area (TPSA) is 28.2 Å². The van der Waals surface area contributed by atoms with Gasteiger partial charge >= 0.3 is 0 Å². The van der Waals surface area contributed by atoms with Crippen molar-refractivity contribution in [1.82, 2.24) is 10.3 Å². The van der Waals surface area contributed by atoms with Gasteiger partial charge in [0.15, 0.2) is 0 Å². The molecular formula is C16H28BrN3. The Hall–Kier alpha value is -0.610. The number of hydrogen-bond donors (Lipinski definition) is 1. The van der Waals surface area contributed by atoms with Crippen LogP contribution >= 0.6 is 15.9 Å². The number of nitrogens with zero attached hydrogens (tertiary/aromatic N) is 2. The third-order valence-corrected chi connectivity index (χ3v) is 3.61. The Bertz CT molecular complexity index is 413. The molecule has 1 rings (SSSR count). The highest BCUT2D eigenvalue weighted by molar-refractivity contribution is 9.10. The van der Waals surface area contributed by atoms with Gasteiger partial charge in [-0.3, -0.25) is 0 Å². The first-order chi connectivity index (χ1) is 9.33. The summed E-state index contributed by atoms with van der Waals surface area (Å²) in [6.07, 6.45) is 5.62. The van der Waals surface area contributed by atoms with Gasteiger partial charge in [-0.2, -0.15) is 0 Å². The van der Waals surface area contributed by atoms with Gasteiger partial charge in [-0.15, -0.1) is 0 Å². The van der Waals surface area contributed by atoms with Gasteiger partial charge in [0.1, 0.15) is 5.82 Å². The molecule has 0 saturated heterocycles. The first-order valence-electron chi connectivity index (χ1n) is 7.44. The minimum atomic E-state index is 0.111. The Labute approximate surface area is 132 Å². The summed E-state index contributed by atoms with van der Waals surface area (Å²) in [6, 6.07) is 2.16. The average Bonchev–Trinajstić information content (AvgIpc) is 2.35. The standard InChI is InChI=1S/C16H28BrN3/c1-6-7-8-9-20(5)15-13(10-14(17)12-18-15)11-19-16(2,3)4/h10,12,19H,6-9,11H2,1-5H3. The first kappa shape index (κ1) is 17.4. The van der Waals surface area contributed by atoms with Crippen molar-refractivity contribution in [1.29, 1.82) is 0 Å². The molecule has 0 aromatic carbocycles. The molecule has 1 aromatic rings. The maximum atomic E-state index is 4.60. The van der Waals surface area contributed by atoms with Crippen LogP contribution in [0.2, 0.25) is 0 Å². The van der Waals surface area contributed by atoms with Crippen LogP contribution < -0.4 is 10.2 Å². The molecule has 0 saturated carbocycles. The fourth-order valence-corrected chi connectivity index (χ4v) is 2.39. The Morgan fingerprint density at radius 2 is 2.00 bits per heavy atom. The smallest absolute Gasteiger partial charge is 0.132 e. The molecule has 4 heteroatoms. The van der Waals surface area contributed by atoms with Crippen LogP contribution in [0.4, 0.5) is 5.82 Å². The van der Waals surface area contributed by atoms with Crippen molar-refractivity contribution in [2.75, 3.05) is 18.5 Å². The van der Waals surface area contributed by atoms with Gasteiger partial charge in [-0.05, 0) is 49.2 Å². The number of anilines is 1. The maximum Gasteiger partial charge on any atom is 0.132 e. The van der Waals surface area contributed by atoms with E-state index in [9.17, 15) is 0 Å². The van der Waals surface area contributed by atoms with Gasteiger partial charge in [0.25, 0.3) is 0 Å². The molecular weight excluding hydrogens is 314 g/mol. The van der Waals surface area contributed by atoms with Crippen LogP contribution in [0, 0.1) is 0 Å². The van der Waals surface area contributed by atoms with Gasteiger partial charge < -0.3 is 10.2 Å². The van der Waals surface area contributed by atoms with Crippen molar-refractivity contribution in [3.63, 3.8) is 0 Å². The zero-order chi connectivity index (χ0) is 15.2. The second kappa shape index (κ2) is 7.99. The van der Waals surface area contributed by atoms with E-state index < -0.39 is 0 Å². The molecule has 0 amide bonds. The van der Waals surface area contributed by atoms with E-state index in [-0.39, 0.29) is 5.54 Å². The minimum Gasteiger partial charge on any atom is -0.359 e. The van der Waals surface area contributed by atoms with E-state index in [2.05, 4.69) is 71.9 Å². The number of hydrogen-bond acceptors (Lipinski definition) is 3. The van der Waals surface area contributed by atoms with Crippen molar-refractivity contribution in [2.24, 2.45) is 0 Å². The molecule has 0 atom stereocenters. The molecule has 0 radical (unpaired) electrons. The Morgan fingerprint density at radius 1 is 1.30 bits per heavy atom. The Kier molecular flexibility index (Phi) is 6.96. The third-order valence-electron chi connectivity index (χ3n) is 3.18. The van der Waals surface area contributed by atoms with Gasteiger partial charge in [0.2, 0.25) is 0 Å². The number of unbranched alkanes of at least 4 members (excludes halogenated alkanes) is 2. The summed E-state index contributed by atoms with van der Waals surface area (Å²) >= 11 is 3.52. The van der Waals surface area contributed by atoms with Gasteiger partial charge in [-0.1, -0.05) is 19.8 Å². The predicted molar refractivity (Wildman–Crippen MR) is 91.3 cm³/mol. The second-order valence-electron chi connectivity index (χ2n) is 6.37. The molecule has 114 valence electrons. The van der Waals surface area contributed by atoms with Crippen molar-refractivity contribution in [2.45, 2.75) is 59.0 Å². The van der Waals surface area contributed by atoms with Crippen LogP contribution in [-0.4, -0.2) is 24.1 Å². The van der Waals surface area contributed by atoms with Gasteiger partial charge in [0.05, 0.1) is 0 Å².